The van der Waals surface area contributed by atoms with Crippen LogP contribution in [0.15, 0.2) is 53.3 Å². The van der Waals surface area contributed by atoms with Crippen LogP contribution in [0, 0.1) is 0 Å². The van der Waals surface area contributed by atoms with Crippen LogP contribution in [-0.2, 0) is 0 Å². The van der Waals surface area contributed by atoms with Gasteiger partial charge in [0.2, 0.25) is 0 Å². The van der Waals surface area contributed by atoms with Crippen molar-refractivity contribution in [2.45, 2.75) is 0 Å². The highest BCUT2D eigenvalue weighted by atomic mass is 16.3. The van der Waals surface area contributed by atoms with Gasteiger partial charge in [0.1, 0.15) is 5.76 Å². The number of H-pyrrole nitrogens is 1. The summed E-state index contributed by atoms with van der Waals surface area (Å²) in [6.45, 7) is 0. The summed E-state index contributed by atoms with van der Waals surface area (Å²) in [5, 5.41) is 1.21. The topological polar surface area (TPSA) is 28.9 Å². The van der Waals surface area contributed by atoms with Crippen molar-refractivity contribution < 1.29 is 4.42 Å². The summed E-state index contributed by atoms with van der Waals surface area (Å²) in [5.41, 5.74) is 2.24. The summed E-state index contributed by atoms with van der Waals surface area (Å²) < 4.78 is 5.38. The summed E-state index contributed by atoms with van der Waals surface area (Å²) in [4.78, 5) is 3.22. The van der Waals surface area contributed by atoms with E-state index < -0.39 is 0 Å². The first-order chi connectivity index (χ1) is 6.95. The van der Waals surface area contributed by atoms with Crippen molar-refractivity contribution in [2.75, 3.05) is 0 Å². The highest BCUT2D eigenvalue weighted by Gasteiger charge is 2.05. The van der Waals surface area contributed by atoms with Crippen molar-refractivity contribution in [2.24, 2.45) is 0 Å². The van der Waals surface area contributed by atoms with Gasteiger partial charge in [0.05, 0.1) is 11.8 Å². The van der Waals surface area contributed by atoms with E-state index in [2.05, 4.69) is 23.2 Å². The molecule has 14 heavy (non-hydrogen) atoms. The van der Waals surface area contributed by atoms with E-state index in [9.17, 15) is 0 Å². The molecule has 0 aliphatic heterocycles. The molecule has 0 amide bonds. The zero-order chi connectivity index (χ0) is 9.38. The van der Waals surface area contributed by atoms with Gasteiger partial charge in [-0.05, 0) is 24.3 Å². The molecule has 0 bridgehead atoms. The van der Waals surface area contributed by atoms with Crippen molar-refractivity contribution >= 4 is 10.9 Å². The van der Waals surface area contributed by atoms with E-state index in [1.54, 1.807) is 6.26 Å². The van der Waals surface area contributed by atoms with E-state index >= 15 is 0 Å². The second-order valence-electron chi connectivity index (χ2n) is 3.22. The molecule has 0 atom stereocenters. The van der Waals surface area contributed by atoms with Crippen molar-refractivity contribution in [1.82, 2.24) is 4.98 Å². The largest absolute Gasteiger partial charge is 0.464 e. The molecular formula is C12H9NO. The van der Waals surface area contributed by atoms with Gasteiger partial charge in [-0.2, -0.15) is 0 Å². The van der Waals surface area contributed by atoms with Crippen molar-refractivity contribution in [1.29, 1.82) is 0 Å². The van der Waals surface area contributed by atoms with Gasteiger partial charge in [-0.25, -0.2) is 0 Å². The monoisotopic (exact) mass is 183 g/mol. The van der Waals surface area contributed by atoms with Crippen LogP contribution >= 0.6 is 0 Å². The second-order valence-corrected chi connectivity index (χ2v) is 3.22. The van der Waals surface area contributed by atoms with Gasteiger partial charge in [0.25, 0.3) is 0 Å². The van der Waals surface area contributed by atoms with Gasteiger partial charge in [0, 0.05) is 17.1 Å². The van der Waals surface area contributed by atoms with Gasteiger partial charge in [-0.1, -0.05) is 12.1 Å². The summed E-state index contributed by atoms with van der Waals surface area (Å²) >= 11 is 0. The number of benzene rings is 1. The quantitative estimate of drug-likeness (QED) is 0.615. The van der Waals surface area contributed by atoms with Crippen LogP contribution < -0.4 is 0 Å². The SMILES string of the molecule is c1coc(-c2cccc3cc[nH]c23)c1. The third-order valence-electron chi connectivity index (χ3n) is 2.37. The van der Waals surface area contributed by atoms with E-state index in [1.165, 1.54) is 5.39 Å². The van der Waals surface area contributed by atoms with Gasteiger partial charge in [-0.15, -0.1) is 0 Å². The lowest BCUT2D eigenvalue weighted by Gasteiger charge is -1.98. The van der Waals surface area contributed by atoms with Crippen LogP contribution in [0.3, 0.4) is 0 Å². The summed E-state index contributed by atoms with van der Waals surface area (Å²) in [6.07, 6.45) is 3.63. The molecule has 3 rings (SSSR count). The molecule has 0 spiro atoms. The van der Waals surface area contributed by atoms with E-state index in [0.29, 0.717) is 0 Å². The zero-order valence-electron chi connectivity index (χ0n) is 7.53. The van der Waals surface area contributed by atoms with Crippen molar-refractivity contribution in [3.8, 4) is 11.3 Å². The van der Waals surface area contributed by atoms with E-state index in [1.807, 2.05) is 24.4 Å². The van der Waals surface area contributed by atoms with Crippen LogP contribution in [0.25, 0.3) is 22.2 Å². The molecule has 1 N–H and O–H groups in total. The van der Waals surface area contributed by atoms with Crippen LogP contribution in [-0.4, -0.2) is 4.98 Å². The van der Waals surface area contributed by atoms with E-state index in [-0.39, 0.29) is 0 Å². The lowest BCUT2D eigenvalue weighted by Crippen LogP contribution is -1.76. The lowest BCUT2D eigenvalue weighted by atomic mass is 10.1. The molecule has 68 valence electrons. The maximum Gasteiger partial charge on any atom is 0.135 e. The number of nitrogens with one attached hydrogen (secondary N) is 1. The second kappa shape index (κ2) is 2.77. The molecule has 0 fully saturated rings. The van der Waals surface area contributed by atoms with Crippen LogP contribution in [0.1, 0.15) is 0 Å². The fourth-order valence-corrected chi connectivity index (χ4v) is 1.72. The maximum atomic E-state index is 5.38. The highest BCUT2D eigenvalue weighted by molar-refractivity contribution is 5.92. The van der Waals surface area contributed by atoms with Crippen molar-refractivity contribution in [3.63, 3.8) is 0 Å². The van der Waals surface area contributed by atoms with Crippen LogP contribution in [0.5, 0.6) is 0 Å². The van der Waals surface area contributed by atoms with Gasteiger partial charge < -0.3 is 9.40 Å². The Kier molecular flexibility index (Phi) is 1.47. The highest BCUT2D eigenvalue weighted by Crippen LogP contribution is 2.27. The Hall–Kier alpha value is -1.96. The first-order valence-corrected chi connectivity index (χ1v) is 4.55. The summed E-state index contributed by atoms with van der Waals surface area (Å²) in [7, 11) is 0. The lowest BCUT2D eigenvalue weighted by molar-refractivity contribution is 0.583. The Balaban J connectivity index is 2.36. The number of fused-ring (bicyclic) bond motifs is 1. The fraction of sp³-hybridized carbons (Fsp3) is 0. The zero-order valence-corrected chi connectivity index (χ0v) is 7.53. The number of hydrogen-bond donors (Lipinski definition) is 1. The first-order valence-electron chi connectivity index (χ1n) is 4.55. The Bertz CT molecular complexity index is 548. The smallest absolute Gasteiger partial charge is 0.135 e. The van der Waals surface area contributed by atoms with Gasteiger partial charge in [0.15, 0.2) is 0 Å². The molecule has 2 aromatic heterocycles. The predicted octanol–water partition coefficient (Wildman–Crippen LogP) is 3.43. The van der Waals surface area contributed by atoms with Gasteiger partial charge >= 0.3 is 0 Å². The number of furan rings is 1. The molecule has 2 nitrogen and oxygen atoms in total. The van der Waals surface area contributed by atoms with Crippen LogP contribution in [0.2, 0.25) is 0 Å². The third-order valence-corrected chi connectivity index (χ3v) is 2.37. The van der Waals surface area contributed by atoms with Crippen molar-refractivity contribution in [3.05, 3.63) is 48.9 Å². The molecule has 1 aromatic carbocycles. The molecular weight excluding hydrogens is 174 g/mol. The molecule has 2 heterocycles. The number of para-hydroxylation sites is 1. The molecule has 0 saturated heterocycles. The number of rotatable bonds is 1. The molecule has 0 saturated carbocycles. The summed E-state index contributed by atoms with van der Waals surface area (Å²) in [5.74, 6) is 0.901. The summed E-state index contributed by atoms with van der Waals surface area (Å²) in [6, 6.07) is 12.1. The normalized spacial score (nSPS) is 10.9. The minimum atomic E-state index is 0.901. The standard InChI is InChI=1S/C12H9NO/c1-3-9-6-7-13-12(9)10(4-1)11-5-2-8-14-11/h1-8,13H. The fourth-order valence-electron chi connectivity index (χ4n) is 1.72. The molecule has 0 aliphatic carbocycles. The van der Waals surface area contributed by atoms with E-state index in [4.69, 9.17) is 4.42 Å². The molecule has 0 unspecified atom stereocenters. The number of hydrogen-bond acceptors (Lipinski definition) is 1. The Morgan fingerprint density at radius 1 is 1.00 bits per heavy atom. The maximum absolute atomic E-state index is 5.38. The van der Waals surface area contributed by atoms with Gasteiger partial charge in [-0.3, -0.25) is 0 Å². The minimum Gasteiger partial charge on any atom is -0.464 e. The van der Waals surface area contributed by atoms with E-state index in [0.717, 1.165) is 16.8 Å². The first kappa shape index (κ1) is 7.44. The molecule has 0 radical (unpaired) electrons. The molecule has 3 aromatic rings. The van der Waals surface area contributed by atoms with Crippen LogP contribution in [0.4, 0.5) is 0 Å². The minimum absolute atomic E-state index is 0.901. The Morgan fingerprint density at radius 2 is 2.00 bits per heavy atom. The molecule has 0 aliphatic rings. The Labute approximate surface area is 81.2 Å². The average molecular weight is 183 g/mol. The number of aromatic nitrogens is 1. The average Bonchev–Trinajstić information content (AvgIpc) is 2.88. The molecule has 2 heteroatoms. The third kappa shape index (κ3) is 0.973. The Morgan fingerprint density at radius 3 is 2.86 bits per heavy atom. The number of aromatic amines is 1. The predicted molar refractivity (Wildman–Crippen MR) is 56.0 cm³/mol.